The normalized spacial score (nSPS) is 10.4. The Morgan fingerprint density at radius 2 is 2.00 bits per heavy atom. The van der Waals surface area contributed by atoms with Gasteiger partial charge in [0.15, 0.2) is 0 Å². The van der Waals surface area contributed by atoms with E-state index in [1.165, 1.54) is 24.3 Å². The molecule has 0 fully saturated rings. The number of hydrogen-bond acceptors (Lipinski definition) is 2. The Morgan fingerprint density at radius 3 is 2.57 bits per heavy atom. The number of ether oxygens (including phenoxy) is 1. The van der Waals surface area contributed by atoms with Gasteiger partial charge in [0.1, 0.15) is 0 Å². The molecule has 0 aromatic heterocycles. The quantitative estimate of drug-likeness (QED) is 0.540. The van der Waals surface area contributed by atoms with E-state index < -0.39 is 0 Å². The predicted octanol–water partition coefficient (Wildman–Crippen LogP) is 2.27. The van der Waals surface area contributed by atoms with Crippen molar-refractivity contribution in [3.8, 4) is 0 Å². The standard InChI is InChI=1S/C12H14O2/c1-10-6-8-11(9-7-10)4-3-5-12(13)14-2/h3,5-9H,4H2,1-2H3/b5-3+. The second-order valence-electron chi connectivity index (χ2n) is 3.12. The highest BCUT2D eigenvalue weighted by atomic mass is 16.5. The minimum absolute atomic E-state index is 0.308. The van der Waals surface area contributed by atoms with Gasteiger partial charge in [0, 0.05) is 6.08 Å². The summed E-state index contributed by atoms with van der Waals surface area (Å²) >= 11 is 0. The van der Waals surface area contributed by atoms with E-state index in [9.17, 15) is 4.79 Å². The summed E-state index contributed by atoms with van der Waals surface area (Å²) in [5.41, 5.74) is 2.43. The molecule has 0 saturated carbocycles. The third-order valence-electron chi connectivity index (χ3n) is 1.93. The lowest BCUT2D eigenvalue weighted by Gasteiger charge is -1.96. The van der Waals surface area contributed by atoms with Crippen molar-refractivity contribution >= 4 is 5.97 Å². The first kappa shape index (κ1) is 10.5. The van der Waals surface area contributed by atoms with Gasteiger partial charge < -0.3 is 4.74 Å². The molecule has 0 bridgehead atoms. The molecule has 0 amide bonds. The molecule has 0 spiro atoms. The van der Waals surface area contributed by atoms with Crippen molar-refractivity contribution in [1.29, 1.82) is 0 Å². The Hall–Kier alpha value is -1.57. The first-order valence-corrected chi connectivity index (χ1v) is 4.52. The number of rotatable bonds is 3. The van der Waals surface area contributed by atoms with Crippen LogP contribution >= 0.6 is 0 Å². The van der Waals surface area contributed by atoms with Gasteiger partial charge in [-0.25, -0.2) is 4.79 Å². The third-order valence-corrected chi connectivity index (χ3v) is 1.93. The van der Waals surface area contributed by atoms with E-state index in [1.54, 1.807) is 6.08 Å². The van der Waals surface area contributed by atoms with Gasteiger partial charge in [-0.05, 0) is 18.9 Å². The van der Waals surface area contributed by atoms with E-state index in [4.69, 9.17) is 0 Å². The monoisotopic (exact) mass is 190 g/mol. The molecule has 0 heterocycles. The number of benzene rings is 1. The molecule has 2 heteroatoms. The van der Waals surface area contributed by atoms with Crippen LogP contribution in [0.4, 0.5) is 0 Å². The Labute approximate surface area is 84.2 Å². The first-order valence-electron chi connectivity index (χ1n) is 4.52. The number of allylic oxidation sites excluding steroid dienone is 1. The maximum Gasteiger partial charge on any atom is 0.330 e. The lowest BCUT2D eigenvalue weighted by Crippen LogP contribution is -1.94. The molecule has 0 radical (unpaired) electrons. The van der Waals surface area contributed by atoms with Crippen molar-refractivity contribution in [2.45, 2.75) is 13.3 Å². The predicted molar refractivity (Wildman–Crippen MR) is 56.0 cm³/mol. The van der Waals surface area contributed by atoms with Crippen molar-refractivity contribution in [3.63, 3.8) is 0 Å². The second kappa shape index (κ2) is 5.22. The molecule has 1 aromatic carbocycles. The molecule has 0 atom stereocenters. The van der Waals surface area contributed by atoms with E-state index in [1.807, 2.05) is 6.92 Å². The lowest BCUT2D eigenvalue weighted by atomic mass is 10.1. The van der Waals surface area contributed by atoms with Crippen LogP contribution < -0.4 is 0 Å². The summed E-state index contributed by atoms with van der Waals surface area (Å²) < 4.78 is 4.48. The van der Waals surface area contributed by atoms with Crippen LogP contribution in [0.25, 0.3) is 0 Å². The van der Waals surface area contributed by atoms with Crippen molar-refractivity contribution in [1.82, 2.24) is 0 Å². The van der Waals surface area contributed by atoms with E-state index >= 15 is 0 Å². The maximum absolute atomic E-state index is 10.7. The Morgan fingerprint density at radius 1 is 1.36 bits per heavy atom. The van der Waals surface area contributed by atoms with Crippen LogP contribution in [0.2, 0.25) is 0 Å². The van der Waals surface area contributed by atoms with E-state index in [0.29, 0.717) is 0 Å². The summed E-state index contributed by atoms with van der Waals surface area (Å²) in [4.78, 5) is 10.7. The molecule has 0 N–H and O–H groups in total. The van der Waals surface area contributed by atoms with Crippen LogP contribution in [0, 0.1) is 6.92 Å². The van der Waals surface area contributed by atoms with Gasteiger partial charge >= 0.3 is 5.97 Å². The van der Waals surface area contributed by atoms with E-state index in [2.05, 4.69) is 29.0 Å². The average Bonchev–Trinajstić information content (AvgIpc) is 2.21. The van der Waals surface area contributed by atoms with Gasteiger partial charge in [-0.1, -0.05) is 35.9 Å². The Balaban J connectivity index is 2.49. The Bertz CT molecular complexity index is 323. The first-order chi connectivity index (χ1) is 6.72. The van der Waals surface area contributed by atoms with E-state index in [0.717, 1.165) is 6.42 Å². The zero-order valence-corrected chi connectivity index (χ0v) is 8.49. The number of aryl methyl sites for hydroxylation is 1. The van der Waals surface area contributed by atoms with Crippen molar-refractivity contribution < 1.29 is 9.53 Å². The summed E-state index contributed by atoms with van der Waals surface area (Å²) in [6.07, 6.45) is 4.01. The van der Waals surface area contributed by atoms with Crippen LogP contribution in [0.3, 0.4) is 0 Å². The van der Waals surface area contributed by atoms with Gasteiger partial charge in [-0.2, -0.15) is 0 Å². The van der Waals surface area contributed by atoms with Crippen LogP contribution in [-0.2, 0) is 16.0 Å². The molecule has 14 heavy (non-hydrogen) atoms. The number of carbonyl (C=O) groups is 1. The average molecular weight is 190 g/mol. The van der Waals surface area contributed by atoms with Crippen molar-refractivity contribution in [2.24, 2.45) is 0 Å². The van der Waals surface area contributed by atoms with Crippen LogP contribution in [-0.4, -0.2) is 13.1 Å². The highest BCUT2D eigenvalue weighted by Gasteiger charge is 1.91. The molecule has 0 aliphatic rings. The minimum atomic E-state index is -0.308. The van der Waals surface area contributed by atoms with Crippen LogP contribution in [0.5, 0.6) is 0 Å². The molecular formula is C12H14O2. The van der Waals surface area contributed by atoms with Crippen molar-refractivity contribution in [3.05, 3.63) is 47.5 Å². The van der Waals surface area contributed by atoms with Gasteiger partial charge in [0.05, 0.1) is 7.11 Å². The Kier molecular flexibility index (Phi) is 3.92. The summed E-state index contributed by atoms with van der Waals surface area (Å²) in [7, 11) is 1.37. The molecule has 0 aliphatic heterocycles. The number of carbonyl (C=O) groups excluding carboxylic acids is 1. The van der Waals surface area contributed by atoms with Crippen molar-refractivity contribution in [2.75, 3.05) is 7.11 Å². The van der Waals surface area contributed by atoms with Gasteiger partial charge in [-0.3, -0.25) is 0 Å². The maximum atomic E-state index is 10.7. The van der Waals surface area contributed by atoms with E-state index in [-0.39, 0.29) is 5.97 Å². The molecule has 1 rings (SSSR count). The fourth-order valence-corrected chi connectivity index (χ4v) is 1.08. The molecular weight excluding hydrogens is 176 g/mol. The van der Waals surface area contributed by atoms with Crippen LogP contribution in [0.15, 0.2) is 36.4 Å². The molecule has 74 valence electrons. The van der Waals surface area contributed by atoms with Gasteiger partial charge in [0.25, 0.3) is 0 Å². The van der Waals surface area contributed by atoms with Crippen LogP contribution in [0.1, 0.15) is 11.1 Å². The molecule has 0 saturated heterocycles. The number of hydrogen-bond donors (Lipinski definition) is 0. The molecule has 2 nitrogen and oxygen atoms in total. The lowest BCUT2D eigenvalue weighted by molar-refractivity contribution is -0.134. The fourth-order valence-electron chi connectivity index (χ4n) is 1.08. The van der Waals surface area contributed by atoms with Gasteiger partial charge in [-0.15, -0.1) is 0 Å². The molecule has 1 aromatic rings. The molecule has 0 unspecified atom stereocenters. The highest BCUT2D eigenvalue weighted by molar-refractivity contribution is 5.81. The number of esters is 1. The zero-order chi connectivity index (χ0) is 10.4. The fraction of sp³-hybridized carbons (Fsp3) is 0.250. The minimum Gasteiger partial charge on any atom is -0.466 e. The smallest absolute Gasteiger partial charge is 0.330 e. The summed E-state index contributed by atoms with van der Waals surface area (Å²) in [5, 5.41) is 0. The highest BCUT2D eigenvalue weighted by Crippen LogP contribution is 2.04. The third kappa shape index (κ3) is 3.44. The number of methoxy groups -OCH3 is 1. The zero-order valence-electron chi connectivity index (χ0n) is 8.49. The summed E-state index contributed by atoms with van der Waals surface area (Å²) in [6, 6.07) is 8.22. The SMILES string of the molecule is COC(=O)/C=C/Cc1ccc(C)cc1. The topological polar surface area (TPSA) is 26.3 Å². The summed E-state index contributed by atoms with van der Waals surface area (Å²) in [5.74, 6) is -0.308. The van der Waals surface area contributed by atoms with Gasteiger partial charge in [0.2, 0.25) is 0 Å². The summed E-state index contributed by atoms with van der Waals surface area (Å²) in [6.45, 7) is 2.05. The molecule has 0 aliphatic carbocycles. The largest absolute Gasteiger partial charge is 0.466 e. The second-order valence-corrected chi connectivity index (χ2v) is 3.12.